The van der Waals surface area contributed by atoms with Crippen molar-refractivity contribution >= 4 is 23.4 Å². The van der Waals surface area contributed by atoms with Crippen LogP contribution in [0.4, 0.5) is 10.1 Å². The van der Waals surface area contributed by atoms with Gasteiger partial charge in [-0.25, -0.2) is 4.39 Å². The van der Waals surface area contributed by atoms with Crippen molar-refractivity contribution in [1.29, 1.82) is 0 Å². The lowest BCUT2D eigenvalue weighted by molar-refractivity contribution is -0.115. The predicted molar refractivity (Wildman–Crippen MR) is 86.9 cm³/mol. The Balaban J connectivity index is 1.95. The summed E-state index contributed by atoms with van der Waals surface area (Å²) < 4.78 is 13.5. The summed E-state index contributed by atoms with van der Waals surface area (Å²) in [5.41, 5.74) is 1.40. The monoisotopic (exact) mass is 303 g/mol. The SMILES string of the molecule is C[C@@H](S[C@H](C)c1ccccc1)C(=O)Nc1ccccc1F. The van der Waals surface area contributed by atoms with Gasteiger partial charge in [-0.05, 0) is 31.5 Å². The maximum Gasteiger partial charge on any atom is 0.237 e. The van der Waals surface area contributed by atoms with Crippen LogP contribution < -0.4 is 5.32 Å². The summed E-state index contributed by atoms with van der Waals surface area (Å²) in [4.78, 5) is 12.1. The minimum Gasteiger partial charge on any atom is -0.323 e. The van der Waals surface area contributed by atoms with Gasteiger partial charge in [0.1, 0.15) is 5.82 Å². The van der Waals surface area contributed by atoms with E-state index in [2.05, 4.69) is 12.2 Å². The zero-order valence-electron chi connectivity index (χ0n) is 12.0. The summed E-state index contributed by atoms with van der Waals surface area (Å²) in [5, 5.41) is 2.57. The highest BCUT2D eigenvalue weighted by Crippen LogP contribution is 2.32. The fraction of sp³-hybridized carbons (Fsp3) is 0.235. The Hall–Kier alpha value is -1.81. The maximum atomic E-state index is 13.5. The number of carbonyl (C=O) groups excluding carboxylic acids is 1. The molecule has 2 rings (SSSR count). The van der Waals surface area contributed by atoms with Crippen molar-refractivity contribution in [2.45, 2.75) is 24.3 Å². The lowest BCUT2D eigenvalue weighted by Gasteiger charge is -2.17. The quantitative estimate of drug-likeness (QED) is 0.871. The summed E-state index contributed by atoms with van der Waals surface area (Å²) in [6, 6.07) is 16.2. The Bertz CT molecular complexity index is 603. The second-order valence-corrected chi connectivity index (χ2v) is 6.49. The van der Waals surface area contributed by atoms with Crippen LogP contribution in [0.25, 0.3) is 0 Å². The van der Waals surface area contributed by atoms with E-state index in [4.69, 9.17) is 0 Å². The Labute approximate surface area is 128 Å². The molecule has 0 saturated heterocycles. The van der Waals surface area contributed by atoms with Gasteiger partial charge in [-0.2, -0.15) is 0 Å². The lowest BCUT2D eigenvalue weighted by atomic mass is 10.2. The van der Waals surface area contributed by atoms with Crippen LogP contribution in [0.2, 0.25) is 0 Å². The summed E-state index contributed by atoms with van der Waals surface area (Å²) in [5.74, 6) is -0.605. The molecule has 21 heavy (non-hydrogen) atoms. The molecule has 2 aromatic rings. The van der Waals surface area contributed by atoms with Crippen LogP contribution in [0, 0.1) is 5.82 Å². The molecule has 0 bridgehead atoms. The standard InChI is InChI=1S/C17H18FNOS/c1-12(14-8-4-3-5-9-14)21-13(2)17(20)19-16-11-7-6-10-15(16)18/h3-13H,1-2H3,(H,19,20)/t12-,13-/m1/s1. The molecule has 4 heteroatoms. The summed E-state index contributed by atoms with van der Waals surface area (Å²) in [6.07, 6.45) is 0. The molecule has 2 aromatic carbocycles. The minimum atomic E-state index is -0.417. The number of halogens is 1. The van der Waals surface area contributed by atoms with Gasteiger partial charge < -0.3 is 5.32 Å². The number of hydrogen-bond donors (Lipinski definition) is 1. The topological polar surface area (TPSA) is 29.1 Å². The second kappa shape index (κ2) is 7.27. The average Bonchev–Trinajstić information content (AvgIpc) is 2.50. The van der Waals surface area contributed by atoms with Crippen molar-refractivity contribution in [1.82, 2.24) is 0 Å². The number of nitrogens with one attached hydrogen (secondary N) is 1. The van der Waals surface area contributed by atoms with Crippen LogP contribution in [-0.4, -0.2) is 11.2 Å². The number of thioether (sulfide) groups is 1. The number of para-hydroxylation sites is 1. The first-order valence-electron chi connectivity index (χ1n) is 6.83. The molecule has 0 spiro atoms. The zero-order chi connectivity index (χ0) is 15.2. The highest BCUT2D eigenvalue weighted by Gasteiger charge is 2.18. The van der Waals surface area contributed by atoms with Crippen molar-refractivity contribution in [2.75, 3.05) is 5.32 Å². The number of anilines is 1. The van der Waals surface area contributed by atoms with Crippen LogP contribution in [0.5, 0.6) is 0 Å². The van der Waals surface area contributed by atoms with Gasteiger partial charge in [0.05, 0.1) is 10.9 Å². The fourth-order valence-electron chi connectivity index (χ4n) is 1.97. The highest BCUT2D eigenvalue weighted by molar-refractivity contribution is 8.00. The van der Waals surface area contributed by atoms with Crippen LogP contribution in [0.1, 0.15) is 24.7 Å². The van der Waals surface area contributed by atoms with Gasteiger partial charge in [0, 0.05) is 5.25 Å². The first-order chi connectivity index (χ1) is 10.1. The average molecular weight is 303 g/mol. The van der Waals surface area contributed by atoms with Crippen LogP contribution >= 0.6 is 11.8 Å². The maximum absolute atomic E-state index is 13.5. The first kappa shape index (κ1) is 15.6. The van der Waals surface area contributed by atoms with Crippen LogP contribution in [-0.2, 0) is 4.79 Å². The van der Waals surface area contributed by atoms with E-state index in [9.17, 15) is 9.18 Å². The molecule has 0 heterocycles. The molecule has 0 fully saturated rings. The molecule has 1 N–H and O–H groups in total. The van der Waals surface area contributed by atoms with Crippen molar-refractivity contribution in [3.05, 3.63) is 66.0 Å². The molecule has 0 unspecified atom stereocenters. The number of benzene rings is 2. The van der Waals surface area contributed by atoms with E-state index in [0.717, 1.165) is 0 Å². The van der Waals surface area contributed by atoms with E-state index < -0.39 is 5.82 Å². The van der Waals surface area contributed by atoms with Crippen LogP contribution in [0.3, 0.4) is 0 Å². The lowest BCUT2D eigenvalue weighted by Crippen LogP contribution is -2.23. The van der Waals surface area contributed by atoms with Crippen molar-refractivity contribution in [2.24, 2.45) is 0 Å². The molecule has 0 saturated carbocycles. The fourth-order valence-corrected chi connectivity index (χ4v) is 3.08. The van der Waals surface area contributed by atoms with E-state index >= 15 is 0 Å². The number of carbonyl (C=O) groups is 1. The molecular weight excluding hydrogens is 285 g/mol. The molecule has 1 amide bonds. The molecule has 0 aliphatic heterocycles. The van der Waals surface area contributed by atoms with Crippen molar-refractivity contribution in [3.63, 3.8) is 0 Å². The normalized spacial score (nSPS) is 13.5. The van der Waals surface area contributed by atoms with Gasteiger partial charge in [0.15, 0.2) is 0 Å². The van der Waals surface area contributed by atoms with E-state index in [1.165, 1.54) is 11.6 Å². The van der Waals surface area contributed by atoms with E-state index in [-0.39, 0.29) is 22.1 Å². The van der Waals surface area contributed by atoms with Crippen LogP contribution in [0.15, 0.2) is 54.6 Å². The molecule has 0 aliphatic carbocycles. The third-order valence-electron chi connectivity index (χ3n) is 3.18. The van der Waals surface area contributed by atoms with E-state index in [0.29, 0.717) is 0 Å². The van der Waals surface area contributed by atoms with Gasteiger partial charge in [0.25, 0.3) is 0 Å². The molecule has 2 atom stereocenters. The molecule has 110 valence electrons. The molecule has 0 radical (unpaired) electrons. The first-order valence-corrected chi connectivity index (χ1v) is 7.78. The van der Waals surface area contributed by atoms with Gasteiger partial charge in [-0.3, -0.25) is 4.79 Å². The smallest absolute Gasteiger partial charge is 0.237 e. The largest absolute Gasteiger partial charge is 0.323 e. The Kier molecular flexibility index (Phi) is 5.39. The van der Waals surface area contributed by atoms with Crippen molar-refractivity contribution in [3.8, 4) is 0 Å². The zero-order valence-corrected chi connectivity index (χ0v) is 12.9. The van der Waals surface area contributed by atoms with E-state index in [1.54, 1.807) is 30.0 Å². The molecular formula is C17H18FNOS. The Morgan fingerprint density at radius 1 is 1.05 bits per heavy atom. The summed E-state index contributed by atoms with van der Waals surface area (Å²) >= 11 is 1.55. The summed E-state index contributed by atoms with van der Waals surface area (Å²) in [7, 11) is 0. The molecule has 0 aromatic heterocycles. The number of amides is 1. The minimum absolute atomic E-state index is 0.187. The number of rotatable bonds is 5. The third-order valence-corrected chi connectivity index (χ3v) is 4.48. The third kappa shape index (κ3) is 4.33. The molecule has 2 nitrogen and oxygen atoms in total. The van der Waals surface area contributed by atoms with E-state index in [1.807, 2.05) is 37.3 Å². The van der Waals surface area contributed by atoms with Gasteiger partial charge >= 0.3 is 0 Å². The molecule has 0 aliphatic rings. The van der Waals surface area contributed by atoms with Gasteiger partial charge in [-0.15, -0.1) is 11.8 Å². The highest BCUT2D eigenvalue weighted by atomic mass is 32.2. The Morgan fingerprint density at radius 2 is 1.67 bits per heavy atom. The Morgan fingerprint density at radius 3 is 2.33 bits per heavy atom. The number of hydrogen-bond acceptors (Lipinski definition) is 2. The second-order valence-electron chi connectivity index (χ2n) is 4.80. The summed E-state index contributed by atoms with van der Waals surface area (Å²) in [6.45, 7) is 3.90. The van der Waals surface area contributed by atoms with Gasteiger partial charge in [-0.1, -0.05) is 42.5 Å². The van der Waals surface area contributed by atoms with Crippen molar-refractivity contribution < 1.29 is 9.18 Å². The predicted octanol–water partition coefficient (Wildman–Crippen LogP) is 4.65. The van der Waals surface area contributed by atoms with Gasteiger partial charge in [0.2, 0.25) is 5.91 Å².